The molecule has 2 aromatic carbocycles. The summed E-state index contributed by atoms with van der Waals surface area (Å²) in [5.41, 5.74) is 0.530. The molecule has 2 rings (SSSR count). The summed E-state index contributed by atoms with van der Waals surface area (Å²) in [6.07, 6.45) is -3.69. The minimum Gasteiger partial charge on any atom is -0.356 e. The normalized spacial score (nSPS) is 11.4. The van der Waals surface area contributed by atoms with Crippen LogP contribution in [0.2, 0.25) is 0 Å². The zero-order valence-electron chi connectivity index (χ0n) is 17.4. The van der Waals surface area contributed by atoms with Gasteiger partial charge in [0.1, 0.15) is 0 Å². The van der Waals surface area contributed by atoms with Gasteiger partial charge in [-0.25, -0.2) is 0 Å². The van der Waals surface area contributed by atoms with E-state index in [9.17, 15) is 22.8 Å². The quantitative estimate of drug-likeness (QED) is 0.596. The molecule has 30 heavy (non-hydrogen) atoms. The number of carbonyl (C=O) groups excluding carboxylic acids is 2. The average Bonchev–Trinajstić information content (AvgIpc) is 2.67. The fourth-order valence-corrected chi connectivity index (χ4v) is 3.06. The Balaban J connectivity index is 2.22. The number of hydrogen-bond donors (Lipinski definition) is 1. The molecule has 2 aromatic rings. The van der Waals surface area contributed by atoms with Crippen LogP contribution in [0.5, 0.6) is 0 Å². The molecular weight excluding hydrogens is 393 g/mol. The van der Waals surface area contributed by atoms with Gasteiger partial charge in [-0.3, -0.25) is 9.59 Å². The third-order valence-electron chi connectivity index (χ3n) is 4.58. The van der Waals surface area contributed by atoms with E-state index in [0.717, 1.165) is 17.7 Å². The maximum atomic E-state index is 13.2. The SMILES string of the molecule is Cc1ccccc1C(=O)N(CCCNC(=O)CC(C)C)c1cccc(C(F)(F)F)c1. The molecule has 0 atom stereocenters. The molecule has 7 heteroatoms. The van der Waals surface area contributed by atoms with Crippen LogP contribution >= 0.6 is 0 Å². The first-order valence-electron chi connectivity index (χ1n) is 9.91. The number of alkyl halides is 3. The van der Waals surface area contributed by atoms with E-state index in [1.54, 1.807) is 31.2 Å². The maximum absolute atomic E-state index is 13.2. The van der Waals surface area contributed by atoms with Crippen LogP contribution < -0.4 is 10.2 Å². The van der Waals surface area contributed by atoms with Crippen LogP contribution in [0.4, 0.5) is 18.9 Å². The van der Waals surface area contributed by atoms with Crippen LogP contribution in [0.3, 0.4) is 0 Å². The van der Waals surface area contributed by atoms with Crippen LogP contribution in [-0.2, 0) is 11.0 Å². The maximum Gasteiger partial charge on any atom is 0.416 e. The van der Waals surface area contributed by atoms with Crippen LogP contribution in [0.25, 0.3) is 0 Å². The highest BCUT2D eigenvalue weighted by Gasteiger charge is 2.31. The monoisotopic (exact) mass is 420 g/mol. The first kappa shape index (κ1) is 23.4. The van der Waals surface area contributed by atoms with Gasteiger partial charge in [0.25, 0.3) is 5.91 Å². The van der Waals surface area contributed by atoms with Crippen molar-refractivity contribution in [2.45, 2.75) is 39.8 Å². The van der Waals surface area contributed by atoms with Crippen molar-refractivity contribution in [1.29, 1.82) is 0 Å². The first-order chi connectivity index (χ1) is 14.1. The fourth-order valence-electron chi connectivity index (χ4n) is 3.06. The largest absolute Gasteiger partial charge is 0.416 e. The van der Waals surface area contributed by atoms with Crippen LogP contribution in [0.15, 0.2) is 48.5 Å². The Hall–Kier alpha value is -2.83. The number of benzene rings is 2. The van der Waals surface area contributed by atoms with E-state index in [2.05, 4.69) is 5.32 Å². The topological polar surface area (TPSA) is 49.4 Å². The van der Waals surface area contributed by atoms with Gasteiger partial charge in [-0.05, 0) is 49.1 Å². The lowest BCUT2D eigenvalue weighted by Gasteiger charge is -2.25. The number of nitrogens with zero attached hydrogens (tertiary/aromatic N) is 1. The number of carbonyl (C=O) groups is 2. The zero-order chi connectivity index (χ0) is 22.3. The third-order valence-corrected chi connectivity index (χ3v) is 4.58. The molecule has 0 unspecified atom stereocenters. The summed E-state index contributed by atoms with van der Waals surface area (Å²) in [6, 6.07) is 11.7. The summed E-state index contributed by atoms with van der Waals surface area (Å²) in [6.45, 7) is 6.17. The van der Waals surface area contributed by atoms with Gasteiger partial charge >= 0.3 is 6.18 Å². The second-order valence-corrected chi connectivity index (χ2v) is 7.62. The molecule has 0 radical (unpaired) electrons. The molecule has 162 valence electrons. The highest BCUT2D eigenvalue weighted by molar-refractivity contribution is 6.07. The number of nitrogens with one attached hydrogen (secondary N) is 1. The Morgan fingerprint density at radius 1 is 1.07 bits per heavy atom. The van der Waals surface area contributed by atoms with Crippen molar-refractivity contribution in [3.63, 3.8) is 0 Å². The molecule has 0 aliphatic heterocycles. The Morgan fingerprint density at radius 3 is 2.40 bits per heavy atom. The number of aryl methyl sites for hydroxylation is 1. The Kier molecular flexibility index (Phi) is 8.03. The molecule has 0 fully saturated rings. The summed E-state index contributed by atoms with van der Waals surface area (Å²) >= 11 is 0. The molecule has 0 spiro atoms. The lowest BCUT2D eigenvalue weighted by Crippen LogP contribution is -2.35. The van der Waals surface area contributed by atoms with E-state index in [0.29, 0.717) is 24.9 Å². The number of amides is 2. The van der Waals surface area contributed by atoms with Gasteiger partial charge in [0.2, 0.25) is 5.91 Å². The van der Waals surface area contributed by atoms with E-state index < -0.39 is 11.7 Å². The summed E-state index contributed by atoms with van der Waals surface area (Å²) in [5.74, 6) is -0.226. The Labute approximate surface area is 175 Å². The summed E-state index contributed by atoms with van der Waals surface area (Å²) < 4.78 is 39.5. The van der Waals surface area contributed by atoms with Crippen molar-refractivity contribution in [1.82, 2.24) is 5.32 Å². The zero-order valence-corrected chi connectivity index (χ0v) is 17.4. The highest BCUT2D eigenvalue weighted by Crippen LogP contribution is 2.32. The summed E-state index contributed by atoms with van der Waals surface area (Å²) in [4.78, 5) is 26.3. The Morgan fingerprint density at radius 2 is 1.77 bits per heavy atom. The molecule has 0 bridgehead atoms. The van der Waals surface area contributed by atoms with Gasteiger partial charge in [-0.15, -0.1) is 0 Å². The predicted molar refractivity (Wildman–Crippen MR) is 111 cm³/mol. The third kappa shape index (κ3) is 6.61. The van der Waals surface area contributed by atoms with Crippen molar-refractivity contribution in [2.75, 3.05) is 18.0 Å². The highest BCUT2D eigenvalue weighted by atomic mass is 19.4. The molecule has 0 heterocycles. The van der Waals surface area contributed by atoms with Gasteiger partial charge in [0.15, 0.2) is 0 Å². The van der Waals surface area contributed by atoms with Crippen molar-refractivity contribution in [2.24, 2.45) is 5.92 Å². The van der Waals surface area contributed by atoms with Gasteiger partial charge in [0, 0.05) is 30.8 Å². The molecule has 4 nitrogen and oxygen atoms in total. The molecule has 0 aromatic heterocycles. The van der Waals surface area contributed by atoms with E-state index >= 15 is 0 Å². The van der Waals surface area contributed by atoms with E-state index in [-0.39, 0.29) is 30.0 Å². The van der Waals surface area contributed by atoms with Crippen molar-refractivity contribution < 1.29 is 22.8 Å². The second-order valence-electron chi connectivity index (χ2n) is 7.62. The molecule has 2 amide bonds. The van der Waals surface area contributed by atoms with Crippen LogP contribution in [-0.4, -0.2) is 24.9 Å². The van der Waals surface area contributed by atoms with E-state index in [4.69, 9.17) is 0 Å². The van der Waals surface area contributed by atoms with Crippen LogP contribution in [0.1, 0.15) is 48.2 Å². The smallest absolute Gasteiger partial charge is 0.356 e. The minimum absolute atomic E-state index is 0.0825. The minimum atomic E-state index is -4.50. The van der Waals surface area contributed by atoms with Gasteiger partial charge in [-0.2, -0.15) is 13.2 Å². The first-order valence-corrected chi connectivity index (χ1v) is 9.91. The van der Waals surface area contributed by atoms with Gasteiger partial charge in [-0.1, -0.05) is 38.1 Å². The molecule has 0 saturated carbocycles. The number of hydrogen-bond acceptors (Lipinski definition) is 2. The molecule has 0 aliphatic carbocycles. The van der Waals surface area contributed by atoms with Crippen molar-refractivity contribution in [3.8, 4) is 0 Å². The summed E-state index contributed by atoms with van der Waals surface area (Å²) in [7, 11) is 0. The van der Waals surface area contributed by atoms with Crippen molar-refractivity contribution in [3.05, 3.63) is 65.2 Å². The predicted octanol–water partition coefficient (Wildman–Crippen LogP) is 5.21. The van der Waals surface area contributed by atoms with Crippen molar-refractivity contribution >= 4 is 17.5 Å². The average molecular weight is 420 g/mol. The number of halogens is 3. The number of rotatable bonds is 8. The van der Waals surface area contributed by atoms with Gasteiger partial charge < -0.3 is 10.2 Å². The second kappa shape index (κ2) is 10.3. The fraction of sp³-hybridized carbons (Fsp3) is 0.391. The van der Waals surface area contributed by atoms with Gasteiger partial charge in [0.05, 0.1) is 5.56 Å². The molecule has 1 N–H and O–H groups in total. The van der Waals surface area contributed by atoms with Crippen LogP contribution in [0, 0.1) is 12.8 Å². The Bertz CT molecular complexity index is 879. The molecule has 0 saturated heterocycles. The lowest BCUT2D eigenvalue weighted by atomic mass is 10.1. The van der Waals surface area contributed by atoms with E-state index in [1.165, 1.54) is 17.0 Å². The lowest BCUT2D eigenvalue weighted by molar-refractivity contribution is -0.137. The number of anilines is 1. The molecular formula is C23H27F3N2O2. The summed E-state index contributed by atoms with van der Waals surface area (Å²) in [5, 5.41) is 2.79. The molecule has 0 aliphatic rings. The van der Waals surface area contributed by atoms with E-state index in [1.807, 2.05) is 13.8 Å². The standard InChI is InChI=1S/C23H27F3N2O2/c1-16(2)14-21(29)27-12-7-13-28(22(30)20-11-5-4-8-17(20)3)19-10-6-9-18(15-19)23(24,25)26/h4-6,8-11,15-16H,7,12-14H2,1-3H3,(H,27,29).